The first-order valence-corrected chi connectivity index (χ1v) is 13.2. The molecule has 0 radical (unpaired) electrons. The maximum Gasteiger partial charge on any atom is 0.140 e. The van der Waals surface area contributed by atoms with Crippen molar-refractivity contribution in [2.24, 2.45) is 0 Å². The zero-order valence-electron chi connectivity index (χ0n) is 22.5. The Labute approximate surface area is 228 Å². The molecular weight excluding hydrogens is 490 g/mol. The Morgan fingerprint density at radius 3 is 2.64 bits per heavy atom. The summed E-state index contributed by atoms with van der Waals surface area (Å²) < 4.78 is 8.04. The highest BCUT2D eigenvalue weighted by Gasteiger charge is 2.14. The minimum atomic E-state index is 0.619. The fourth-order valence-electron chi connectivity index (χ4n) is 4.57. The van der Waals surface area contributed by atoms with Gasteiger partial charge in [-0.3, -0.25) is 9.30 Å². The molecule has 3 N–H and O–H groups in total. The van der Waals surface area contributed by atoms with Crippen LogP contribution in [0.3, 0.4) is 0 Å². The molecule has 4 aromatic rings. The molecule has 3 aromatic heterocycles. The predicted molar refractivity (Wildman–Crippen MR) is 155 cm³/mol. The van der Waals surface area contributed by atoms with E-state index in [-0.39, 0.29) is 0 Å². The van der Waals surface area contributed by atoms with Crippen molar-refractivity contribution in [1.82, 2.24) is 34.5 Å². The number of allylic oxidation sites excluding steroid dienone is 1. The predicted octanol–water partition coefficient (Wildman–Crippen LogP) is 3.24. The van der Waals surface area contributed by atoms with Gasteiger partial charge in [0.15, 0.2) is 0 Å². The third-order valence-corrected chi connectivity index (χ3v) is 6.90. The van der Waals surface area contributed by atoms with Crippen molar-refractivity contribution < 1.29 is 4.74 Å². The minimum absolute atomic E-state index is 0.619. The molecule has 1 saturated heterocycles. The van der Waals surface area contributed by atoms with Crippen LogP contribution in [0.15, 0.2) is 67.4 Å². The Bertz CT molecular complexity index is 1420. The second-order valence-corrected chi connectivity index (χ2v) is 9.60. The summed E-state index contributed by atoms with van der Waals surface area (Å²) >= 11 is 0. The number of aromatic nitrogens is 4. The van der Waals surface area contributed by atoms with Crippen molar-refractivity contribution in [1.29, 1.82) is 5.41 Å². The van der Waals surface area contributed by atoms with Gasteiger partial charge in [0.2, 0.25) is 0 Å². The van der Waals surface area contributed by atoms with Gasteiger partial charge < -0.3 is 25.7 Å². The lowest BCUT2D eigenvalue weighted by Crippen LogP contribution is -2.45. The Morgan fingerprint density at radius 2 is 1.87 bits per heavy atom. The molecule has 0 spiro atoms. The summed E-state index contributed by atoms with van der Waals surface area (Å²) in [5.74, 6) is 1.55. The highest BCUT2D eigenvalue weighted by molar-refractivity contribution is 6.08. The highest BCUT2D eigenvalue weighted by Crippen LogP contribution is 2.23. The van der Waals surface area contributed by atoms with E-state index in [1.165, 1.54) is 6.21 Å². The van der Waals surface area contributed by atoms with Crippen LogP contribution in [0.25, 0.3) is 22.6 Å². The van der Waals surface area contributed by atoms with Gasteiger partial charge in [-0.2, -0.15) is 0 Å². The number of ether oxygens (including phenoxy) is 1. The third-order valence-electron chi connectivity index (χ3n) is 6.90. The van der Waals surface area contributed by atoms with E-state index >= 15 is 0 Å². The lowest BCUT2D eigenvalue weighted by molar-refractivity contribution is 0.134. The van der Waals surface area contributed by atoms with Crippen LogP contribution in [0.4, 0.5) is 5.82 Å². The van der Waals surface area contributed by atoms with E-state index in [2.05, 4.69) is 42.4 Å². The van der Waals surface area contributed by atoms with Gasteiger partial charge in [0.1, 0.15) is 30.1 Å². The number of imidazole rings is 1. The van der Waals surface area contributed by atoms with E-state index in [0.717, 1.165) is 78.0 Å². The Morgan fingerprint density at radius 1 is 1.05 bits per heavy atom. The van der Waals surface area contributed by atoms with Gasteiger partial charge in [0.05, 0.1) is 17.6 Å². The topological polar surface area (TPSA) is 107 Å². The number of nitrogens with zero attached hydrogens (tertiary/aromatic N) is 6. The zero-order chi connectivity index (χ0) is 27.0. The number of hydrogen-bond donors (Lipinski definition) is 3. The molecule has 10 nitrogen and oxygen atoms in total. The third kappa shape index (κ3) is 6.60. The summed E-state index contributed by atoms with van der Waals surface area (Å²) in [7, 11) is 3.99. The Kier molecular flexibility index (Phi) is 8.45. The van der Waals surface area contributed by atoms with Crippen molar-refractivity contribution in [3.63, 3.8) is 0 Å². The second kappa shape index (κ2) is 12.5. The van der Waals surface area contributed by atoms with Crippen LogP contribution in [0.1, 0.15) is 11.1 Å². The molecule has 0 atom stereocenters. The maximum atomic E-state index is 7.58. The Hall–Kier alpha value is -4.28. The SMILES string of the molecule is CN/C=C(\C=N)c1ccc(CNc2cc(-c3cnc4cc(OCCN5CCN(C)CC5)ccn34)ncn2)cc1. The van der Waals surface area contributed by atoms with E-state index in [1.807, 2.05) is 72.5 Å². The highest BCUT2D eigenvalue weighted by atomic mass is 16.5. The van der Waals surface area contributed by atoms with Gasteiger partial charge in [-0.25, -0.2) is 15.0 Å². The fourth-order valence-corrected chi connectivity index (χ4v) is 4.57. The van der Waals surface area contributed by atoms with E-state index in [9.17, 15) is 0 Å². The standard InChI is InChI=1S/C29H35N9O/c1-31-19-24(17-30)23-5-3-22(4-6-23)18-32-28-16-26(34-21-35-28)27-20-33-29-15-25(7-8-38(27)29)39-14-13-37-11-9-36(2)10-12-37/h3-8,15-17,19-21,30-31H,9-14,18H2,1-2H3,(H,32,34,35)/b24-19+,30-17?. The average molecular weight is 526 g/mol. The van der Waals surface area contributed by atoms with E-state index < -0.39 is 0 Å². The van der Waals surface area contributed by atoms with Crippen molar-refractivity contribution in [3.8, 4) is 17.1 Å². The number of rotatable bonds is 11. The fraction of sp³-hybridized carbons (Fsp3) is 0.310. The van der Waals surface area contributed by atoms with E-state index in [0.29, 0.717) is 13.2 Å². The summed E-state index contributed by atoms with van der Waals surface area (Å²) in [5.41, 5.74) is 5.42. The first-order chi connectivity index (χ1) is 19.1. The molecule has 0 amide bonds. The van der Waals surface area contributed by atoms with Crippen molar-refractivity contribution in [2.45, 2.75) is 6.54 Å². The molecule has 39 heavy (non-hydrogen) atoms. The van der Waals surface area contributed by atoms with Gasteiger partial charge >= 0.3 is 0 Å². The van der Waals surface area contributed by atoms with Crippen LogP contribution in [0, 0.1) is 5.41 Å². The number of likely N-dealkylation sites (N-methyl/N-ethyl adjacent to an activating group) is 1. The van der Waals surface area contributed by atoms with Crippen LogP contribution in [-0.2, 0) is 6.54 Å². The van der Waals surface area contributed by atoms with Crippen LogP contribution in [0.5, 0.6) is 5.75 Å². The smallest absolute Gasteiger partial charge is 0.140 e. The van der Waals surface area contributed by atoms with Crippen LogP contribution in [-0.4, -0.2) is 88.8 Å². The van der Waals surface area contributed by atoms with E-state index in [4.69, 9.17) is 10.1 Å². The Balaban J connectivity index is 1.20. The maximum absolute atomic E-state index is 7.58. The normalized spacial score (nSPS) is 14.9. The quantitative estimate of drug-likeness (QED) is 0.256. The average Bonchev–Trinajstić information content (AvgIpc) is 3.40. The van der Waals surface area contributed by atoms with Crippen molar-refractivity contribution in [2.75, 3.05) is 58.7 Å². The lowest BCUT2D eigenvalue weighted by Gasteiger charge is -2.32. The van der Waals surface area contributed by atoms with E-state index in [1.54, 1.807) is 6.33 Å². The zero-order valence-corrected chi connectivity index (χ0v) is 22.5. The number of piperazine rings is 1. The number of pyridine rings is 1. The molecular formula is C29H35N9O. The molecule has 1 aliphatic heterocycles. The molecule has 10 heteroatoms. The number of anilines is 1. The van der Waals surface area contributed by atoms with Crippen molar-refractivity contribution in [3.05, 3.63) is 78.5 Å². The van der Waals surface area contributed by atoms with Gasteiger partial charge in [-0.1, -0.05) is 24.3 Å². The van der Waals surface area contributed by atoms with Crippen LogP contribution in [0.2, 0.25) is 0 Å². The minimum Gasteiger partial charge on any atom is -0.492 e. The largest absolute Gasteiger partial charge is 0.492 e. The monoisotopic (exact) mass is 525 g/mol. The summed E-state index contributed by atoms with van der Waals surface area (Å²) in [4.78, 5) is 18.3. The van der Waals surface area contributed by atoms with Gasteiger partial charge in [-0.05, 0) is 24.2 Å². The first-order valence-electron chi connectivity index (χ1n) is 13.2. The molecule has 0 aliphatic carbocycles. The molecule has 1 aromatic carbocycles. The second-order valence-electron chi connectivity index (χ2n) is 9.60. The van der Waals surface area contributed by atoms with Crippen LogP contribution < -0.4 is 15.4 Å². The van der Waals surface area contributed by atoms with Crippen LogP contribution >= 0.6 is 0 Å². The van der Waals surface area contributed by atoms with Gasteiger partial charge in [0, 0.05) is 82.6 Å². The number of nitrogens with one attached hydrogen (secondary N) is 3. The number of hydrogen-bond acceptors (Lipinski definition) is 9. The molecule has 0 saturated carbocycles. The summed E-state index contributed by atoms with van der Waals surface area (Å²) in [5, 5.41) is 13.9. The number of benzene rings is 1. The lowest BCUT2D eigenvalue weighted by atomic mass is 10.1. The molecule has 5 rings (SSSR count). The summed E-state index contributed by atoms with van der Waals surface area (Å²) in [6, 6.07) is 14.0. The number of fused-ring (bicyclic) bond motifs is 1. The molecule has 1 aliphatic rings. The van der Waals surface area contributed by atoms with Gasteiger partial charge in [-0.15, -0.1) is 0 Å². The first kappa shape index (κ1) is 26.3. The molecule has 1 fully saturated rings. The molecule has 0 unspecified atom stereocenters. The van der Waals surface area contributed by atoms with Gasteiger partial charge in [0.25, 0.3) is 0 Å². The molecule has 0 bridgehead atoms. The molecule has 202 valence electrons. The summed E-state index contributed by atoms with van der Waals surface area (Å²) in [6.07, 6.45) is 8.52. The molecule has 4 heterocycles. The van der Waals surface area contributed by atoms with Crippen molar-refractivity contribution >= 4 is 23.3 Å². The summed E-state index contributed by atoms with van der Waals surface area (Å²) in [6.45, 7) is 6.60.